The molecule has 1 aromatic rings. The largest absolute Gasteiger partial charge is 0.387 e. The Morgan fingerprint density at radius 2 is 1.95 bits per heavy atom. The van der Waals surface area contributed by atoms with E-state index in [2.05, 4.69) is 4.36 Å². The molecule has 3 nitrogen and oxygen atoms in total. The van der Waals surface area contributed by atoms with Crippen LogP contribution in [0.1, 0.15) is 32.1 Å². The summed E-state index contributed by atoms with van der Waals surface area (Å²) in [6.45, 7) is 0. The first kappa shape index (κ1) is 15.4. The van der Waals surface area contributed by atoms with Crippen LogP contribution < -0.4 is 0 Å². The number of aliphatic hydroxyl groups is 1. The summed E-state index contributed by atoms with van der Waals surface area (Å²) >= 11 is 1.89. The van der Waals surface area contributed by atoms with Gasteiger partial charge >= 0.3 is 0 Å². The molecule has 2 fully saturated rings. The quantitative estimate of drug-likeness (QED) is 0.927. The minimum absolute atomic E-state index is 0.0882. The second-order valence-corrected chi connectivity index (χ2v) is 10.00. The van der Waals surface area contributed by atoms with Gasteiger partial charge in [-0.05, 0) is 50.0 Å². The van der Waals surface area contributed by atoms with Crippen LogP contribution in [0.5, 0.6) is 0 Å². The second-order valence-electron chi connectivity index (χ2n) is 6.11. The summed E-state index contributed by atoms with van der Waals surface area (Å²) in [5, 5.41) is 11.3. The van der Waals surface area contributed by atoms with E-state index in [1.165, 1.54) is 0 Å². The van der Waals surface area contributed by atoms with Crippen LogP contribution >= 0.6 is 11.8 Å². The Hall–Kier alpha value is -0.520. The molecule has 21 heavy (non-hydrogen) atoms. The first-order chi connectivity index (χ1) is 10.0. The highest BCUT2D eigenvalue weighted by Gasteiger charge is 2.56. The van der Waals surface area contributed by atoms with Crippen LogP contribution in [0.15, 0.2) is 39.6 Å². The average Bonchev–Trinajstić information content (AvgIpc) is 3.09. The zero-order valence-corrected chi connectivity index (χ0v) is 14.1. The Morgan fingerprint density at radius 1 is 1.24 bits per heavy atom. The summed E-state index contributed by atoms with van der Waals surface area (Å²) in [4.78, 5) is 0.742. The molecule has 0 aromatic heterocycles. The van der Waals surface area contributed by atoms with Crippen LogP contribution in [-0.4, -0.2) is 38.2 Å². The molecule has 1 heterocycles. The molecule has 1 aromatic carbocycles. The van der Waals surface area contributed by atoms with Gasteiger partial charge in [-0.2, -0.15) is 11.8 Å². The van der Waals surface area contributed by atoms with Crippen LogP contribution in [-0.2, 0) is 9.73 Å². The Morgan fingerprint density at radius 3 is 2.57 bits per heavy atom. The minimum Gasteiger partial charge on any atom is -0.387 e. The molecule has 1 saturated heterocycles. The molecule has 1 aliphatic carbocycles. The van der Waals surface area contributed by atoms with Gasteiger partial charge in [-0.15, -0.1) is 0 Å². The molecule has 3 rings (SSSR count). The van der Waals surface area contributed by atoms with E-state index in [0.29, 0.717) is 0 Å². The van der Waals surface area contributed by atoms with Crippen LogP contribution in [0.25, 0.3) is 0 Å². The smallest absolute Gasteiger partial charge is 0.0920 e. The first-order valence-corrected chi connectivity index (χ1v) is 10.3. The van der Waals surface area contributed by atoms with Crippen LogP contribution in [0.4, 0.5) is 0 Å². The van der Waals surface area contributed by atoms with Gasteiger partial charge in [0.2, 0.25) is 0 Å². The van der Waals surface area contributed by atoms with Gasteiger partial charge in [-0.3, -0.25) is 0 Å². The number of thioether (sulfide) groups is 1. The number of hydrogen-bond acceptors (Lipinski definition) is 4. The summed E-state index contributed by atoms with van der Waals surface area (Å²) in [6, 6.07) is 9.42. The highest BCUT2D eigenvalue weighted by atomic mass is 32.2. The molecule has 0 bridgehead atoms. The standard InChI is InChI=1S/C16H23NO2S2/c1-17-21(19,14-7-3-2-4-8-14)13-15(18)9-5-10-16(15)11-6-12-20-16/h2-4,7-8,18H,5-6,9-13H2,1H3/t15-,16+,21+/m1/s1. The molecule has 0 radical (unpaired) electrons. The van der Waals surface area contributed by atoms with Crippen molar-refractivity contribution in [3.63, 3.8) is 0 Å². The third kappa shape index (κ3) is 2.53. The van der Waals surface area contributed by atoms with Crippen molar-refractivity contribution >= 4 is 21.5 Å². The summed E-state index contributed by atoms with van der Waals surface area (Å²) in [5.74, 6) is 1.38. The lowest BCUT2D eigenvalue weighted by Crippen LogP contribution is -2.50. The van der Waals surface area contributed by atoms with Crippen LogP contribution in [0.3, 0.4) is 0 Å². The van der Waals surface area contributed by atoms with E-state index in [4.69, 9.17) is 0 Å². The molecule has 0 amide bonds. The highest BCUT2D eigenvalue weighted by molar-refractivity contribution is 8.01. The Bertz CT molecular complexity index is 611. The number of benzene rings is 1. The molecule has 116 valence electrons. The van der Waals surface area contributed by atoms with Gasteiger partial charge in [0.1, 0.15) is 0 Å². The number of hydrogen-bond donors (Lipinski definition) is 1. The fourth-order valence-corrected chi connectivity index (χ4v) is 7.75. The van der Waals surface area contributed by atoms with Gasteiger partial charge < -0.3 is 5.11 Å². The van der Waals surface area contributed by atoms with Crippen molar-refractivity contribution in [2.45, 2.75) is 47.3 Å². The fourth-order valence-electron chi connectivity index (χ4n) is 3.80. The van der Waals surface area contributed by atoms with Crippen molar-refractivity contribution in [3.8, 4) is 0 Å². The van der Waals surface area contributed by atoms with Gasteiger partial charge in [0.05, 0.1) is 21.1 Å². The minimum atomic E-state index is -2.55. The van der Waals surface area contributed by atoms with Gasteiger partial charge in [0.25, 0.3) is 0 Å². The maximum atomic E-state index is 13.3. The van der Waals surface area contributed by atoms with Crippen LogP contribution in [0.2, 0.25) is 0 Å². The molecule has 1 saturated carbocycles. The molecule has 5 heteroatoms. The topological polar surface area (TPSA) is 49.7 Å². The van der Waals surface area contributed by atoms with E-state index in [9.17, 15) is 9.32 Å². The van der Waals surface area contributed by atoms with Gasteiger partial charge in [-0.25, -0.2) is 8.57 Å². The Balaban J connectivity index is 1.96. The highest BCUT2D eigenvalue weighted by Crippen LogP contribution is 2.56. The van der Waals surface area contributed by atoms with Gasteiger partial charge in [0.15, 0.2) is 0 Å². The van der Waals surface area contributed by atoms with Crippen molar-refractivity contribution in [1.29, 1.82) is 0 Å². The normalized spacial score (nSPS) is 35.0. The monoisotopic (exact) mass is 325 g/mol. The predicted octanol–water partition coefficient (Wildman–Crippen LogP) is 3.32. The van der Waals surface area contributed by atoms with Gasteiger partial charge in [-0.1, -0.05) is 18.2 Å². The number of nitrogens with zero attached hydrogens (tertiary/aromatic N) is 1. The third-order valence-electron chi connectivity index (χ3n) is 4.96. The zero-order chi connectivity index (χ0) is 15.0. The van der Waals surface area contributed by atoms with E-state index in [1.54, 1.807) is 7.05 Å². The molecule has 0 unspecified atom stereocenters. The second kappa shape index (κ2) is 5.60. The van der Waals surface area contributed by atoms with Crippen molar-refractivity contribution in [1.82, 2.24) is 0 Å². The Kier molecular flexibility index (Phi) is 4.10. The lowest BCUT2D eigenvalue weighted by molar-refractivity contribution is 0.0407. The van der Waals surface area contributed by atoms with E-state index < -0.39 is 15.3 Å². The summed E-state index contributed by atoms with van der Waals surface area (Å²) in [6.07, 6.45) is 5.02. The van der Waals surface area contributed by atoms with E-state index >= 15 is 0 Å². The predicted molar refractivity (Wildman–Crippen MR) is 89.3 cm³/mol. The van der Waals surface area contributed by atoms with Crippen LogP contribution in [0, 0.1) is 0 Å². The van der Waals surface area contributed by atoms with Crippen molar-refractivity contribution in [2.75, 3.05) is 18.6 Å². The number of rotatable bonds is 3. The van der Waals surface area contributed by atoms with E-state index in [-0.39, 0.29) is 10.5 Å². The Labute approximate surface area is 131 Å². The van der Waals surface area contributed by atoms with Gasteiger partial charge in [0, 0.05) is 16.7 Å². The molecule has 1 aliphatic heterocycles. The lowest BCUT2D eigenvalue weighted by Gasteiger charge is -2.39. The lowest BCUT2D eigenvalue weighted by atomic mass is 9.88. The van der Waals surface area contributed by atoms with Crippen molar-refractivity contribution in [2.24, 2.45) is 4.36 Å². The zero-order valence-electron chi connectivity index (χ0n) is 12.5. The summed E-state index contributed by atoms with van der Waals surface area (Å²) < 4.78 is 17.4. The van der Waals surface area contributed by atoms with E-state index in [1.807, 2.05) is 42.1 Å². The third-order valence-corrected chi connectivity index (χ3v) is 9.26. The molecular weight excluding hydrogens is 302 g/mol. The molecule has 3 atom stereocenters. The maximum Gasteiger partial charge on any atom is 0.0920 e. The molecule has 1 spiro atoms. The van der Waals surface area contributed by atoms with Crippen molar-refractivity contribution < 1.29 is 9.32 Å². The molecular formula is C16H23NO2S2. The summed E-state index contributed by atoms with van der Waals surface area (Å²) in [7, 11) is -0.936. The fraction of sp³-hybridized carbons (Fsp3) is 0.625. The first-order valence-electron chi connectivity index (χ1n) is 7.58. The average molecular weight is 325 g/mol. The van der Waals surface area contributed by atoms with E-state index in [0.717, 1.165) is 42.8 Å². The van der Waals surface area contributed by atoms with Crippen molar-refractivity contribution in [3.05, 3.63) is 30.3 Å². The summed E-state index contributed by atoms with van der Waals surface area (Å²) in [5.41, 5.74) is -0.847. The molecule has 2 aliphatic rings. The SMILES string of the molecule is CN=[S@](=O)(C[C@]1(O)CCC[C@]12CCCS2)c1ccccc1. The molecule has 1 N–H and O–H groups in total. The maximum absolute atomic E-state index is 13.3.